The standard InChI is InChI=1S/C26H29NO/c1-2-13-26(24-19-10-5-11-20-24)28-27-25(23-17-8-4-9-18-23)21-12-16-22-14-6-3-7-15-22/h3-12,14-20,25-27H,2,13,21H2,1H3/b16-12+. The van der Waals surface area contributed by atoms with Crippen molar-refractivity contribution in [2.75, 3.05) is 0 Å². The summed E-state index contributed by atoms with van der Waals surface area (Å²) < 4.78 is 0. The summed E-state index contributed by atoms with van der Waals surface area (Å²) in [5.41, 5.74) is 7.00. The van der Waals surface area contributed by atoms with Crippen molar-refractivity contribution >= 4 is 6.08 Å². The molecule has 0 aliphatic rings. The van der Waals surface area contributed by atoms with Gasteiger partial charge in [-0.05, 0) is 29.5 Å². The average Bonchev–Trinajstić information content (AvgIpc) is 2.77. The molecule has 2 atom stereocenters. The Morgan fingerprint density at radius 2 is 1.36 bits per heavy atom. The maximum atomic E-state index is 6.20. The third kappa shape index (κ3) is 6.19. The lowest BCUT2D eigenvalue weighted by molar-refractivity contribution is -0.0503. The van der Waals surface area contributed by atoms with E-state index >= 15 is 0 Å². The minimum Gasteiger partial charge on any atom is -0.293 e. The second-order valence-electron chi connectivity index (χ2n) is 6.94. The SMILES string of the molecule is CCCC(ONC(C/C=C/c1ccccc1)c1ccccc1)c1ccccc1. The third-order valence-electron chi connectivity index (χ3n) is 4.76. The molecule has 0 saturated heterocycles. The first kappa shape index (κ1) is 20.1. The third-order valence-corrected chi connectivity index (χ3v) is 4.76. The maximum absolute atomic E-state index is 6.20. The molecule has 3 aromatic carbocycles. The molecule has 2 heteroatoms. The van der Waals surface area contributed by atoms with Crippen molar-refractivity contribution in [3.8, 4) is 0 Å². The molecular formula is C26H29NO. The van der Waals surface area contributed by atoms with Gasteiger partial charge in [0.25, 0.3) is 0 Å². The van der Waals surface area contributed by atoms with Crippen molar-refractivity contribution in [3.05, 3.63) is 114 Å². The van der Waals surface area contributed by atoms with Crippen LogP contribution in [0, 0.1) is 0 Å². The lowest BCUT2D eigenvalue weighted by Gasteiger charge is -2.23. The summed E-state index contributed by atoms with van der Waals surface area (Å²) in [5, 5.41) is 0. The van der Waals surface area contributed by atoms with Gasteiger partial charge in [-0.2, -0.15) is 5.48 Å². The van der Waals surface area contributed by atoms with Crippen LogP contribution in [-0.4, -0.2) is 0 Å². The predicted octanol–water partition coefficient (Wildman–Crippen LogP) is 6.89. The molecule has 0 aromatic heterocycles. The van der Waals surface area contributed by atoms with Crippen molar-refractivity contribution in [1.82, 2.24) is 5.48 Å². The number of hydrogen-bond acceptors (Lipinski definition) is 2. The molecule has 1 N–H and O–H groups in total. The molecule has 3 aromatic rings. The fourth-order valence-corrected chi connectivity index (χ4v) is 3.23. The number of benzene rings is 3. The molecule has 28 heavy (non-hydrogen) atoms. The van der Waals surface area contributed by atoms with E-state index in [9.17, 15) is 0 Å². The smallest absolute Gasteiger partial charge is 0.104 e. The summed E-state index contributed by atoms with van der Waals surface area (Å²) in [4.78, 5) is 6.20. The summed E-state index contributed by atoms with van der Waals surface area (Å²) in [6.45, 7) is 2.19. The van der Waals surface area contributed by atoms with E-state index < -0.39 is 0 Å². The van der Waals surface area contributed by atoms with Gasteiger partial charge in [0, 0.05) is 0 Å². The van der Waals surface area contributed by atoms with Crippen LogP contribution in [-0.2, 0) is 4.84 Å². The Balaban J connectivity index is 1.69. The fraction of sp³-hybridized carbons (Fsp3) is 0.231. The van der Waals surface area contributed by atoms with Gasteiger partial charge in [-0.3, -0.25) is 4.84 Å². The minimum atomic E-state index is 0.0514. The summed E-state index contributed by atoms with van der Waals surface area (Å²) in [6.07, 6.45) is 7.34. The second kappa shape index (κ2) is 11.2. The molecular weight excluding hydrogens is 342 g/mol. The molecule has 144 valence electrons. The molecule has 2 unspecified atom stereocenters. The molecule has 0 spiro atoms. The minimum absolute atomic E-state index is 0.0514. The van der Waals surface area contributed by atoms with Crippen molar-refractivity contribution in [1.29, 1.82) is 0 Å². The zero-order valence-corrected chi connectivity index (χ0v) is 16.5. The first-order valence-corrected chi connectivity index (χ1v) is 10.1. The predicted molar refractivity (Wildman–Crippen MR) is 118 cm³/mol. The van der Waals surface area contributed by atoms with E-state index in [1.807, 2.05) is 18.2 Å². The largest absolute Gasteiger partial charge is 0.293 e. The van der Waals surface area contributed by atoms with Crippen LogP contribution >= 0.6 is 0 Å². The zero-order valence-electron chi connectivity index (χ0n) is 16.5. The van der Waals surface area contributed by atoms with Gasteiger partial charge in [0.1, 0.15) is 6.10 Å². The summed E-state index contributed by atoms with van der Waals surface area (Å²) >= 11 is 0. The normalized spacial score (nSPS) is 13.5. The van der Waals surface area contributed by atoms with E-state index in [0.717, 1.165) is 19.3 Å². The highest BCUT2D eigenvalue weighted by atomic mass is 16.7. The van der Waals surface area contributed by atoms with Gasteiger partial charge in [0.05, 0.1) is 6.04 Å². The van der Waals surface area contributed by atoms with E-state index in [-0.39, 0.29) is 12.1 Å². The van der Waals surface area contributed by atoms with Gasteiger partial charge in [0.15, 0.2) is 0 Å². The number of hydroxylamine groups is 1. The van der Waals surface area contributed by atoms with E-state index in [1.54, 1.807) is 0 Å². The first-order valence-electron chi connectivity index (χ1n) is 10.1. The summed E-state index contributed by atoms with van der Waals surface area (Å²) in [5.74, 6) is 0. The topological polar surface area (TPSA) is 21.3 Å². The van der Waals surface area contributed by atoms with Crippen LogP contribution in [0.5, 0.6) is 0 Å². The Morgan fingerprint density at radius 3 is 1.96 bits per heavy atom. The van der Waals surface area contributed by atoms with E-state index in [0.29, 0.717) is 0 Å². The Hall–Kier alpha value is -2.68. The molecule has 0 fully saturated rings. The molecule has 0 aliphatic carbocycles. The van der Waals surface area contributed by atoms with Crippen LogP contribution in [0.3, 0.4) is 0 Å². The fourth-order valence-electron chi connectivity index (χ4n) is 3.23. The van der Waals surface area contributed by atoms with Crippen LogP contribution in [0.4, 0.5) is 0 Å². The molecule has 0 amide bonds. The van der Waals surface area contributed by atoms with E-state index in [4.69, 9.17) is 4.84 Å². The molecule has 0 saturated carbocycles. The Labute approximate surface area is 168 Å². The van der Waals surface area contributed by atoms with Gasteiger partial charge in [-0.15, -0.1) is 0 Å². The second-order valence-corrected chi connectivity index (χ2v) is 6.94. The summed E-state index contributed by atoms with van der Waals surface area (Å²) in [7, 11) is 0. The van der Waals surface area contributed by atoms with Crippen LogP contribution in [0.1, 0.15) is 55.0 Å². The van der Waals surface area contributed by atoms with Gasteiger partial charge < -0.3 is 0 Å². The molecule has 3 rings (SSSR count). The number of rotatable bonds is 10. The van der Waals surface area contributed by atoms with Gasteiger partial charge >= 0.3 is 0 Å². The maximum Gasteiger partial charge on any atom is 0.104 e. The number of hydrogen-bond donors (Lipinski definition) is 1. The van der Waals surface area contributed by atoms with Crippen LogP contribution < -0.4 is 5.48 Å². The quantitative estimate of drug-likeness (QED) is 0.392. The lowest BCUT2D eigenvalue weighted by atomic mass is 10.0. The molecule has 0 aliphatic heterocycles. The monoisotopic (exact) mass is 371 g/mol. The van der Waals surface area contributed by atoms with Crippen LogP contribution in [0.25, 0.3) is 6.08 Å². The van der Waals surface area contributed by atoms with Crippen molar-refractivity contribution < 1.29 is 4.84 Å². The van der Waals surface area contributed by atoms with Gasteiger partial charge in [0.2, 0.25) is 0 Å². The van der Waals surface area contributed by atoms with E-state index in [2.05, 4.69) is 97.4 Å². The van der Waals surface area contributed by atoms with E-state index in [1.165, 1.54) is 16.7 Å². The molecule has 0 radical (unpaired) electrons. The lowest BCUT2D eigenvalue weighted by Crippen LogP contribution is -2.24. The Bertz CT molecular complexity index is 815. The van der Waals surface area contributed by atoms with Crippen molar-refractivity contribution in [2.24, 2.45) is 0 Å². The summed E-state index contributed by atoms with van der Waals surface area (Å²) in [6, 6.07) is 31.4. The molecule has 2 nitrogen and oxygen atoms in total. The average molecular weight is 372 g/mol. The van der Waals surface area contributed by atoms with Gasteiger partial charge in [-0.25, -0.2) is 0 Å². The van der Waals surface area contributed by atoms with Crippen LogP contribution in [0.2, 0.25) is 0 Å². The van der Waals surface area contributed by atoms with Crippen molar-refractivity contribution in [3.63, 3.8) is 0 Å². The van der Waals surface area contributed by atoms with Gasteiger partial charge in [-0.1, -0.05) is 116 Å². The number of nitrogens with one attached hydrogen (secondary N) is 1. The highest BCUT2D eigenvalue weighted by Gasteiger charge is 2.15. The first-order chi connectivity index (χ1) is 13.9. The Morgan fingerprint density at radius 1 is 0.786 bits per heavy atom. The van der Waals surface area contributed by atoms with Crippen LogP contribution in [0.15, 0.2) is 97.1 Å². The van der Waals surface area contributed by atoms with Crippen molar-refractivity contribution in [2.45, 2.75) is 38.3 Å². The molecule has 0 heterocycles. The Kier molecular flexibility index (Phi) is 8.05. The zero-order chi connectivity index (χ0) is 19.4. The highest BCUT2D eigenvalue weighted by Crippen LogP contribution is 2.24. The highest BCUT2D eigenvalue weighted by molar-refractivity contribution is 5.48. The molecule has 0 bridgehead atoms.